The van der Waals surface area contributed by atoms with Crippen LogP contribution in [0.4, 0.5) is 26.2 Å². The van der Waals surface area contributed by atoms with E-state index in [-0.39, 0.29) is 17.8 Å². The van der Waals surface area contributed by atoms with Gasteiger partial charge in [-0.05, 0) is 55.2 Å². The van der Waals surface area contributed by atoms with Crippen molar-refractivity contribution in [2.75, 3.05) is 16.3 Å². The first kappa shape index (κ1) is 20.1. The number of barbiturate groups is 1. The van der Waals surface area contributed by atoms with E-state index in [0.29, 0.717) is 18.5 Å². The molecule has 10 heteroatoms. The van der Waals surface area contributed by atoms with Crippen LogP contribution in [0.15, 0.2) is 42.5 Å². The van der Waals surface area contributed by atoms with E-state index in [4.69, 9.17) is 0 Å². The molecule has 3 aliphatic heterocycles. The highest BCUT2D eigenvalue weighted by atomic mass is 19.1. The molecule has 0 aliphatic carbocycles. The molecule has 0 unspecified atom stereocenters. The number of urea groups is 1. The topological polar surface area (TPSA) is 113 Å². The third kappa shape index (κ3) is 2.79. The first-order chi connectivity index (χ1) is 15.3. The number of imide groups is 2. The number of non-ortho nitro benzene ring substituents is 1. The van der Waals surface area contributed by atoms with Gasteiger partial charge in [-0.2, -0.15) is 0 Å². The van der Waals surface area contributed by atoms with Crippen molar-refractivity contribution >= 4 is 34.9 Å². The van der Waals surface area contributed by atoms with Gasteiger partial charge in [0.15, 0.2) is 5.41 Å². The van der Waals surface area contributed by atoms with Crippen LogP contribution in [-0.4, -0.2) is 35.4 Å². The molecule has 2 atom stereocenters. The van der Waals surface area contributed by atoms with Gasteiger partial charge in [-0.25, -0.2) is 14.1 Å². The fraction of sp³-hybridized carbons (Fsp3) is 0.318. The minimum atomic E-state index is -1.63. The van der Waals surface area contributed by atoms with Gasteiger partial charge in [0.2, 0.25) is 5.91 Å². The lowest BCUT2D eigenvalue weighted by Crippen LogP contribution is -2.72. The second-order valence-corrected chi connectivity index (χ2v) is 8.30. The van der Waals surface area contributed by atoms with Crippen LogP contribution < -0.4 is 15.1 Å². The molecule has 2 fully saturated rings. The lowest BCUT2D eigenvalue weighted by molar-refractivity contribution is -0.384. The SMILES string of the molecule is O=C1NC(=O)[C@@]2(Cc3cc([N+](=O)[O-])ccc3N3CCCC[C@H]32)C(=O)N1c1ccc(F)cc1. The fourth-order valence-electron chi connectivity index (χ4n) is 5.19. The summed E-state index contributed by atoms with van der Waals surface area (Å²) in [6, 6.07) is 7.93. The van der Waals surface area contributed by atoms with Crippen molar-refractivity contribution in [2.24, 2.45) is 5.41 Å². The van der Waals surface area contributed by atoms with Crippen molar-refractivity contribution in [3.63, 3.8) is 0 Å². The van der Waals surface area contributed by atoms with Gasteiger partial charge in [0.1, 0.15) is 5.82 Å². The Morgan fingerprint density at radius 1 is 1.09 bits per heavy atom. The molecule has 9 nitrogen and oxygen atoms in total. The van der Waals surface area contributed by atoms with Gasteiger partial charge in [-0.3, -0.25) is 25.0 Å². The predicted octanol–water partition coefficient (Wildman–Crippen LogP) is 2.92. The third-order valence-electron chi connectivity index (χ3n) is 6.62. The van der Waals surface area contributed by atoms with E-state index in [0.717, 1.165) is 35.6 Å². The van der Waals surface area contributed by atoms with E-state index >= 15 is 0 Å². The monoisotopic (exact) mass is 438 g/mol. The van der Waals surface area contributed by atoms with Crippen molar-refractivity contribution in [2.45, 2.75) is 31.7 Å². The molecular weight excluding hydrogens is 419 g/mol. The zero-order chi connectivity index (χ0) is 22.6. The molecule has 5 rings (SSSR count). The first-order valence-electron chi connectivity index (χ1n) is 10.3. The van der Waals surface area contributed by atoms with E-state index in [1.165, 1.54) is 24.3 Å². The molecule has 3 heterocycles. The van der Waals surface area contributed by atoms with Crippen LogP contribution in [0.3, 0.4) is 0 Å². The Balaban J connectivity index is 1.66. The van der Waals surface area contributed by atoms with E-state index in [1.54, 1.807) is 6.07 Å². The zero-order valence-corrected chi connectivity index (χ0v) is 16.9. The summed E-state index contributed by atoms with van der Waals surface area (Å²) in [6.45, 7) is 0.586. The number of fused-ring (bicyclic) bond motifs is 4. The summed E-state index contributed by atoms with van der Waals surface area (Å²) in [7, 11) is 0. The number of rotatable bonds is 2. The summed E-state index contributed by atoms with van der Waals surface area (Å²) >= 11 is 0. The number of hydrogen-bond acceptors (Lipinski definition) is 6. The Morgan fingerprint density at radius 2 is 1.84 bits per heavy atom. The summed E-state index contributed by atoms with van der Waals surface area (Å²) in [5.41, 5.74) is -0.353. The number of nitrogens with one attached hydrogen (secondary N) is 1. The molecule has 0 bridgehead atoms. The van der Waals surface area contributed by atoms with Crippen molar-refractivity contribution in [1.29, 1.82) is 0 Å². The van der Waals surface area contributed by atoms with E-state index in [2.05, 4.69) is 5.32 Å². The number of carbonyl (C=O) groups excluding carboxylic acids is 3. The number of carbonyl (C=O) groups is 3. The first-order valence-corrected chi connectivity index (χ1v) is 10.3. The molecule has 0 radical (unpaired) electrons. The van der Waals surface area contributed by atoms with Crippen molar-refractivity contribution in [1.82, 2.24) is 5.32 Å². The van der Waals surface area contributed by atoms with Crippen LogP contribution in [0.1, 0.15) is 24.8 Å². The Hall–Kier alpha value is -3.82. The predicted molar refractivity (Wildman–Crippen MR) is 112 cm³/mol. The average molecular weight is 438 g/mol. The molecular formula is C22H19FN4O5. The maximum absolute atomic E-state index is 13.9. The minimum Gasteiger partial charge on any atom is -0.367 e. The number of hydrogen-bond donors (Lipinski definition) is 1. The standard InChI is InChI=1S/C22H19FN4O5/c23-14-4-6-15(7-5-14)26-20(29)22(19(28)24-21(26)30)12-13-11-16(27(31)32)8-9-17(13)25-10-2-1-3-18(22)25/h4-9,11,18H,1-3,10,12H2,(H,24,28,30)/t18-,22-/m0/s1. The van der Waals surface area contributed by atoms with Crippen LogP contribution in [0.25, 0.3) is 0 Å². The van der Waals surface area contributed by atoms with Gasteiger partial charge in [0.05, 0.1) is 16.7 Å². The molecule has 1 spiro atoms. The maximum atomic E-state index is 13.9. The summed E-state index contributed by atoms with van der Waals surface area (Å²) in [5, 5.41) is 13.6. The second-order valence-electron chi connectivity index (χ2n) is 8.30. The highest BCUT2D eigenvalue weighted by Gasteiger charge is 2.62. The number of benzene rings is 2. The quantitative estimate of drug-likeness (QED) is 0.438. The lowest BCUT2D eigenvalue weighted by Gasteiger charge is -2.53. The molecule has 1 N–H and O–H groups in total. The molecule has 2 aromatic rings. The molecule has 32 heavy (non-hydrogen) atoms. The molecule has 2 saturated heterocycles. The normalized spacial score (nSPS) is 24.8. The van der Waals surface area contributed by atoms with Crippen LogP contribution in [-0.2, 0) is 16.0 Å². The zero-order valence-electron chi connectivity index (χ0n) is 16.9. The number of halogens is 1. The molecule has 4 amide bonds. The van der Waals surface area contributed by atoms with Gasteiger partial charge < -0.3 is 4.90 Å². The van der Waals surface area contributed by atoms with Crippen molar-refractivity contribution in [3.05, 3.63) is 64.0 Å². The summed E-state index contributed by atoms with van der Waals surface area (Å²) in [5.74, 6) is -1.94. The fourth-order valence-corrected chi connectivity index (χ4v) is 5.19. The van der Waals surface area contributed by atoms with Gasteiger partial charge in [0.25, 0.3) is 11.6 Å². The van der Waals surface area contributed by atoms with Crippen LogP contribution >= 0.6 is 0 Å². The Kier molecular flexibility index (Phi) is 4.47. The molecule has 0 aromatic heterocycles. The van der Waals surface area contributed by atoms with Gasteiger partial charge >= 0.3 is 6.03 Å². The summed E-state index contributed by atoms with van der Waals surface area (Å²) in [4.78, 5) is 53.5. The van der Waals surface area contributed by atoms with Gasteiger partial charge in [-0.1, -0.05) is 0 Å². The number of nitro groups is 1. The largest absolute Gasteiger partial charge is 0.367 e. The van der Waals surface area contributed by atoms with Gasteiger partial charge in [0, 0.05) is 30.8 Å². The second kappa shape index (κ2) is 7.11. The number of piperidine rings is 1. The van der Waals surface area contributed by atoms with Crippen molar-refractivity contribution < 1.29 is 23.7 Å². The lowest BCUT2D eigenvalue weighted by atomic mass is 9.66. The van der Waals surface area contributed by atoms with E-state index in [9.17, 15) is 28.9 Å². The summed E-state index contributed by atoms with van der Waals surface area (Å²) < 4.78 is 13.4. The van der Waals surface area contributed by atoms with Crippen LogP contribution in [0.5, 0.6) is 0 Å². The number of nitrogens with zero attached hydrogens (tertiary/aromatic N) is 3. The molecule has 164 valence electrons. The Bertz CT molecular complexity index is 1170. The smallest absolute Gasteiger partial charge is 0.335 e. The molecule has 0 saturated carbocycles. The number of nitro benzene ring substituents is 1. The van der Waals surface area contributed by atoms with Gasteiger partial charge in [-0.15, -0.1) is 0 Å². The minimum absolute atomic E-state index is 0.0686. The highest BCUT2D eigenvalue weighted by Crippen LogP contribution is 2.48. The molecule has 3 aliphatic rings. The highest BCUT2D eigenvalue weighted by molar-refractivity contribution is 6.30. The van der Waals surface area contributed by atoms with Crippen LogP contribution in [0.2, 0.25) is 0 Å². The number of amides is 4. The van der Waals surface area contributed by atoms with E-state index in [1.807, 2.05) is 4.90 Å². The Labute approximate surface area is 181 Å². The third-order valence-corrected chi connectivity index (χ3v) is 6.62. The summed E-state index contributed by atoms with van der Waals surface area (Å²) in [6.07, 6.45) is 2.14. The van der Waals surface area contributed by atoms with Crippen molar-refractivity contribution in [3.8, 4) is 0 Å². The molecule has 2 aromatic carbocycles. The van der Waals surface area contributed by atoms with E-state index < -0.39 is 40.0 Å². The average Bonchev–Trinajstić information content (AvgIpc) is 2.78. The maximum Gasteiger partial charge on any atom is 0.335 e. The Morgan fingerprint density at radius 3 is 2.56 bits per heavy atom. The van der Waals surface area contributed by atoms with Crippen LogP contribution in [0, 0.1) is 21.3 Å². The number of anilines is 2.